The molecule has 116 valence electrons. The number of amides is 2. The third kappa shape index (κ3) is 2.81. The van der Waals surface area contributed by atoms with Gasteiger partial charge in [0.05, 0.1) is 17.2 Å². The highest BCUT2D eigenvalue weighted by molar-refractivity contribution is 7.09. The summed E-state index contributed by atoms with van der Waals surface area (Å²) in [7, 11) is 0. The summed E-state index contributed by atoms with van der Waals surface area (Å²) in [5.74, 6) is -0.0163. The van der Waals surface area contributed by atoms with Crippen LogP contribution >= 0.6 is 11.3 Å². The molecular formula is C15H23N3O2S. The van der Waals surface area contributed by atoms with E-state index in [4.69, 9.17) is 0 Å². The van der Waals surface area contributed by atoms with Gasteiger partial charge in [-0.2, -0.15) is 0 Å². The lowest BCUT2D eigenvalue weighted by Gasteiger charge is -2.46. The van der Waals surface area contributed by atoms with Crippen molar-refractivity contribution in [3.63, 3.8) is 0 Å². The molecule has 1 aromatic heterocycles. The van der Waals surface area contributed by atoms with E-state index in [9.17, 15) is 9.59 Å². The van der Waals surface area contributed by atoms with Gasteiger partial charge in [-0.1, -0.05) is 20.8 Å². The van der Waals surface area contributed by atoms with E-state index in [-0.39, 0.29) is 17.7 Å². The Morgan fingerprint density at radius 2 is 2.14 bits per heavy atom. The van der Waals surface area contributed by atoms with Gasteiger partial charge in [-0.3, -0.25) is 9.59 Å². The molecule has 1 aliphatic rings. The van der Waals surface area contributed by atoms with Crippen LogP contribution in [0.15, 0.2) is 5.38 Å². The number of aryl methyl sites for hydroxylation is 1. The minimum atomic E-state index is -0.806. The highest BCUT2D eigenvalue weighted by Crippen LogP contribution is 2.29. The van der Waals surface area contributed by atoms with Crippen LogP contribution in [0.3, 0.4) is 0 Å². The SMILES string of the molecule is CCC1(C)C(=O)NC(C(C)C)C(=O)N1Cc1csc(C)n1. The first-order valence-electron chi connectivity index (χ1n) is 7.33. The third-order valence-electron chi connectivity index (χ3n) is 4.25. The van der Waals surface area contributed by atoms with Crippen molar-refractivity contribution in [3.8, 4) is 0 Å². The predicted molar refractivity (Wildman–Crippen MR) is 82.9 cm³/mol. The molecule has 0 aromatic carbocycles. The average Bonchev–Trinajstić information content (AvgIpc) is 2.84. The van der Waals surface area contributed by atoms with E-state index < -0.39 is 11.6 Å². The Morgan fingerprint density at radius 1 is 1.48 bits per heavy atom. The van der Waals surface area contributed by atoms with Gasteiger partial charge in [-0.25, -0.2) is 4.98 Å². The maximum atomic E-state index is 12.8. The Kier molecular flexibility index (Phi) is 4.37. The Hall–Kier alpha value is -1.43. The van der Waals surface area contributed by atoms with Gasteiger partial charge in [0.15, 0.2) is 0 Å². The number of nitrogens with zero attached hydrogens (tertiary/aromatic N) is 2. The quantitative estimate of drug-likeness (QED) is 0.926. The van der Waals surface area contributed by atoms with Crippen LogP contribution in [0.4, 0.5) is 0 Å². The molecule has 2 heterocycles. The van der Waals surface area contributed by atoms with Crippen molar-refractivity contribution >= 4 is 23.2 Å². The summed E-state index contributed by atoms with van der Waals surface area (Å²) in [5, 5.41) is 5.80. The molecule has 21 heavy (non-hydrogen) atoms. The molecule has 2 rings (SSSR count). The summed E-state index contributed by atoms with van der Waals surface area (Å²) in [6, 6.07) is -0.447. The number of hydrogen-bond acceptors (Lipinski definition) is 4. The van der Waals surface area contributed by atoms with E-state index in [2.05, 4.69) is 10.3 Å². The molecular weight excluding hydrogens is 286 g/mol. The molecule has 0 aliphatic carbocycles. The Bertz CT molecular complexity index is 555. The summed E-state index contributed by atoms with van der Waals surface area (Å²) < 4.78 is 0. The molecule has 2 unspecified atom stereocenters. The number of aromatic nitrogens is 1. The van der Waals surface area contributed by atoms with Gasteiger partial charge in [0.25, 0.3) is 0 Å². The zero-order valence-corrected chi connectivity index (χ0v) is 14.1. The molecule has 5 nitrogen and oxygen atoms in total. The van der Waals surface area contributed by atoms with Crippen LogP contribution in [-0.2, 0) is 16.1 Å². The molecule has 2 atom stereocenters. The zero-order valence-electron chi connectivity index (χ0n) is 13.3. The third-order valence-corrected chi connectivity index (χ3v) is 5.07. The first-order chi connectivity index (χ1) is 9.79. The van der Waals surface area contributed by atoms with Crippen LogP contribution in [0.2, 0.25) is 0 Å². The van der Waals surface area contributed by atoms with E-state index in [0.717, 1.165) is 10.7 Å². The van der Waals surface area contributed by atoms with Gasteiger partial charge in [0.2, 0.25) is 11.8 Å². The van der Waals surface area contributed by atoms with Crippen LogP contribution in [0.5, 0.6) is 0 Å². The first-order valence-corrected chi connectivity index (χ1v) is 8.21. The van der Waals surface area contributed by atoms with E-state index in [0.29, 0.717) is 13.0 Å². The number of carbonyl (C=O) groups excluding carboxylic acids is 2. The number of piperazine rings is 1. The average molecular weight is 309 g/mol. The summed E-state index contributed by atoms with van der Waals surface area (Å²) >= 11 is 1.56. The van der Waals surface area contributed by atoms with Crippen LogP contribution in [0.1, 0.15) is 44.8 Å². The van der Waals surface area contributed by atoms with Gasteiger partial charge in [-0.05, 0) is 26.2 Å². The highest BCUT2D eigenvalue weighted by Gasteiger charge is 2.49. The fourth-order valence-electron chi connectivity index (χ4n) is 2.59. The van der Waals surface area contributed by atoms with Crippen molar-refractivity contribution in [2.75, 3.05) is 0 Å². The molecule has 1 saturated heterocycles. The number of carbonyl (C=O) groups is 2. The van der Waals surface area contributed by atoms with Crippen LogP contribution in [-0.4, -0.2) is 33.3 Å². The maximum Gasteiger partial charge on any atom is 0.246 e. The molecule has 1 aromatic rings. The lowest BCUT2D eigenvalue weighted by atomic mass is 9.87. The minimum Gasteiger partial charge on any atom is -0.342 e. The lowest BCUT2D eigenvalue weighted by molar-refractivity contribution is -0.159. The first kappa shape index (κ1) is 15.9. The number of hydrogen-bond donors (Lipinski definition) is 1. The van der Waals surface area contributed by atoms with Crippen LogP contribution < -0.4 is 5.32 Å². The molecule has 2 amide bonds. The molecule has 6 heteroatoms. The van der Waals surface area contributed by atoms with Crippen LogP contribution in [0.25, 0.3) is 0 Å². The fourth-order valence-corrected chi connectivity index (χ4v) is 3.19. The highest BCUT2D eigenvalue weighted by atomic mass is 32.1. The number of nitrogens with one attached hydrogen (secondary N) is 1. The van der Waals surface area contributed by atoms with Crippen LogP contribution in [0, 0.1) is 12.8 Å². The largest absolute Gasteiger partial charge is 0.342 e. The molecule has 0 saturated carbocycles. The van der Waals surface area contributed by atoms with E-state index in [1.165, 1.54) is 0 Å². The van der Waals surface area contributed by atoms with Crippen molar-refractivity contribution in [3.05, 3.63) is 16.1 Å². The second kappa shape index (κ2) is 5.75. The fraction of sp³-hybridized carbons (Fsp3) is 0.667. The van der Waals surface area contributed by atoms with Gasteiger partial charge in [0.1, 0.15) is 11.6 Å². The van der Waals surface area contributed by atoms with Crippen molar-refractivity contribution in [2.24, 2.45) is 5.92 Å². The summed E-state index contributed by atoms with van der Waals surface area (Å²) in [6.45, 7) is 9.99. The second-order valence-corrected chi connectivity index (χ2v) is 7.17. The zero-order chi connectivity index (χ0) is 15.8. The lowest BCUT2D eigenvalue weighted by Crippen LogP contribution is -2.69. The molecule has 0 spiro atoms. The number of thiazole rings is 1. The molecule has 0 bridgehead atoms. The maximum absolute atomic E-state index is 12.8. The normalized spacial score (nSPS) is 26.4. The van der Waals surface area contributed by atoms with Gasteiger partial charge >= 0.3 is 0 Å². The van der Waals surface area contributed by atoms with E-state index in [1.54, 1.807) is 16.2 Å². The van der Waals surface area contributed by atoms with Crippen molar-refractivity contribution in [1.82, 2.24) is 15.2 Å². The topological polar surface area (TPSA) is 62.3 Å². The minimum absolute atomic E-state index is 0.0143. The van der Waals surface area contributed by atoms with E-state index in [1.807, 2.05) is 40.0 Å². The molecule has 0 radical (unpaired) electrons. The van der Waals surface area contributed by atoms with Crippen molar-refractivity contribution in [1.29, 1.82) is 0 Å². The Balaban J connectivity index is 2.34. The molecule has 1 fully saturated rings. The van der Waals surface area contributed by atoms with Gasteiger partial charge in [-0.15, -0.1) is 11.3 Å². The number of rotatable bonds is 4. The summed E-state index contributed by atoms with van der Waals surface area (Å²) in [6.07, 6.45) is 0.582. The summed E-state index contributed by atoms with van der Waals surface area (Å²) in [5.41, 5.74) is 0.0442. The second-order valence-electron chi connectivity index (χ2n) is 6.10. The standard InChI is InChI=1S/C15H23N3O2S/c1-6-15(5)14(20)17-12(9(2)3)13(19)18(15)7-11-8-21-10(4)16-11/h8-9,12H,6-7H2,1-5H3,(H,17,20). The van der Waals surface area contributed by atoms with Gasteiger partial charge in [0, 0.05) is 5.38 Å². The van der Waals surface area contributed by atoms with Crippen molar-refractivity contribution < 1.29 is 9.59 Å². The monoisotopic (exact) mass is 309 g/mol. The Labute approximate surface area is 129 Å². The van der Waals surface area contributed by atoms with E-state index >= 15 is 0 Å². The van der Waals surface area contributed by atoms with Crippen molar-refractivity contribution in [2.45, 2.75) is 59.2 Å². The predicted octanol–water partition coefficient (Wildman–Crippen LogP) is 2.10. The smallest absolute Gasteiger partial charge is 0.246 e. The summed E-state index contributed by atoms with van der Waals surface area (Å²) in [4.78, 5) is 31.4. The molecule has 1 aliphatic heterocycles. The Morgan fingerprint density at radius 3 is 2.62 bits per heavy atom. The molecule has 1 N–H and O–H groups in total. The van der Waals surface area contributed by atoms with Gasteiger partial charge < -0.3 is 10.2 Å².